The van der Waals surface area contributed by atoms with Crippen molar-refractivity contribution in [1.82, 2.24) is 5.32 Å². The number of nitrogens with one attached hydrogen (secondary N) is 1. The quantitative estimate of drug-likeness (QED) is 0.775. The number of nitrogens with zero attached hydrogens (tertiary/aromatic N) is 1. The second kappa shape index (κ2) is 9.26. The Morgan fingerprint density at radius 1 is 1.17 bits per heavy atom. The highest BCUT2D eigenvalue weighted by Crippen LogP contribution is 2.19. The maximum Gasteiger partial charge on any atom is 0.223 e. The normalized spacial score (nSPS) is 14.0. The van der Waals surface area contributed by atoms with Crippen LogP contribution in [0.1, 0.15) is 51.0 Å². The van der Waals surface area contributed by atoms with Gasteiger partial charge in [-0.2, -0.15) is 0 Å². The van der Waals surface area contributed by atoms with Gasteiger partial charge in [0, 0.05) is 32.1 Å². The summed E-state index contributed by atoms with van der Waals surface area (Å²) in [5.74, 6) is -0.0382. The minimum Gasteiger partial charge on any atom is -0.356 e. The van der Waals surface area contributed by atoms with Gasteiger partial charge in [0.25, 0.3) is 0 Å². The van der Waals surface area contributed by atoms with Crippen molar-refractivity contribution in [3.63, 3.8) is 0 Å². The van der Waals surface area contributed by atoms with Gasteiger partial charge in [0.2, 0.25) is 11.8 Å². The van der Waals surface area contributed by atoms with E-state index < -0.39 is 0 Å². The van der Waals surface area contributed by atoms with Gasteiger partial charge < -0.3 is 10.2 Å². The average Bonchev–Trinajstić information content (AvgIpc) is 2.57. The van der Waals surface area contributed by atoms with Gasteiger partial charge >= 0.3 is 0 Å². The largest absolute Gasteiger partial charge is 0.356 e. The third-order valence-corrected chi connectivity index (χ3v) is 4.44. The molecule has 0 fully saturated rings. The van der Waals surface area contributed by atoms with Crippen LogP contribution in [0.5, 0.6) is 0 Å². The Balaban J connectivity index is 1.76. The molecule has 1 N–H and O–H groups in total. The van der Waals surface area contributed by atoms with E-state index in [0.717, 1.165) is 17.7 Å². The zero-order valence-electron chi connectivity index (χ0n) is 14.8. The lowest BCUT2D eigenvalue weighted by atomic mass is 9.97. The standard InChI is InChI=1S/C20H28N2O2/c1-16-8-10-19(11-9-16)22(17(2)23)15-13-20(24)21-14-12-18-6-4-3-5-7-18/h6,8-11H,3-5,7,12-15H2,1-2H3,(H,21,24). The van der Waals surface area contributed by atoms with Gasteiger partial charge in [0.1, 0.15) is 0 Å². The molecule has 1 aliphatic carbocycles. The second-order valence-corrected chi connectivity index (χ2v) is 6.46. The van der Waals surface area contributed by atoms with Crippen molar-refractivity contribution in [3.8, 4) is 0 Å². The van der Waals surface area contributed by atoms with E-state index in [-0.39, 0.29) is 11.8 Å². The fourth-order valence-electron chi connectivity index (χ4n) is 2.99. The number of hydrogen-bond donors (Lipinski definition) is 1. The monoisotopic (exact) mass is 328 g/mol. The first kappa shape index (κ1) is 18.2. The number of anilines is 1. The Labute approximate surface area is 144 Å². The van der Waals surface area contributed by atoms with Crippen molar-refractivity contribution in [2.45, 2.75) is 52.4 Å². The van der Waals surface area contributed by atoms with Crippen LogP contribution in [0.2, 0.25) is 0 Å². The molecule has 2 amide bonds. The fourth-order valence-corrected chi connectivity index (χ4v) is 2.99. The Kier molecular flexibility index (Phi) is 7.04. The molecule has 1 aliphatic rings. The van der Waals surface area contributed by atoms with Gasteiger partial charge in [0.05, 0.1) is 0 Å². The molecule has 0 bridgehead atoms. The number of carbonyl (C=O) groups is 2. The molecule has 1 aromatic carbocycles. The number of carbonyl (C=O) groups excluding carboxylic acids is 2. The first-order chi connectivity index (χ1) is 11.6. The molecule has 0 saturated carbocycles. The van der Waals surface area contributed by atoms with Crippen molar-refractivity contribution in [3.05, 3.63) is 41.5 Å². The zero-order valence-corrected chi connectivity index (χ0v) is 14.8. The van der Waals surface area contributed by atoms with E-state index in [2.05, 4.69) is 11.4 Å². The molecule has 0 aromatic heterocycles. The van der Waals surface area contributed by atoms with E-state index in [1.165, 1.54) is 38.2 Å². The Morgan fingerprint density at radius 2 is 1.92 bits per heavy atom. The van der Waals surface area contributed by atoms with Gasteiger partial charge in [-0.15, -0.1) is 0 Å². The molecule has 0 unspecified atom stereocenters. The molecule has 1 aromatic rings. The van der Waals surface area contributed by atoms with Crippen molar-refractivity contribution < 1.29 is 9.59 Å². The molecule has 0 aliphatic heterocycles. The zero-order chi connectivity index (χ0) is 17.4. The summed E-state index contributed by atoms with van der Waals surface area (Å²) in [6.07, 6.45) is 8.48. The summed E-state index contributed by atoms with van der Waals surface area (Å²) in [6.45, 7) is 4.65. The third-order valence-electron chi connectivity index (χ3n) is 4.44. The lowest BCUT2D eigenvalue weighted by molar-refractivity contribution is -0.121. The highest BCUT2D eigenvalue weighted by molar-refractivity contribution is 5.92. The van der Waals surface area contributed by atoms with Crippen LogP contribution >= 0.6 is 0 Å². The topological polar surface area (TPSA) is 49.4 Å². The Hall–Kier alpha value is -2.10. The summed E-state index contributed by atoms with van der Waals surface area (Å²) in [5, 5.41) is 2.97. The van der Waals surface area contributed by atoms with E-state index in [9.17, 15) is 9.59 Å². The predicted molar refractivity (Wildman–Crippen MR) is 98.0 cm³/mol. The van der Waals surface area contributed by atoms with Gasteiger partial charge in [-0.3, -0.25) is 9.59 Å². The van der Waals surface area contributed by atoms with Crippen LogP contribution in [0.25, 0.3) is 0 Å². The number of amides is 2. The summed E-state index contributed by atoms with van der Waals surface area (Å²) in [5.41, 5.74) is 3.46. The molecular weight excluding hydrogens is 300 g/mol. The van der Waals surface area contributed by atoms with Crippen LogP contribution in [0.4, 0.5) is 5.69 Å². The van der Waals surface area contributed by atoms with Crippen LogP contribution in [0.3, 0.4) is 0 Å². The van der Waals surface area contributed by atoms with Gasteiger partial charge in [-0.1, -0.05) is 29.3 Å². The number of aryl methyl sites for hydroxylation is 1. The fraction of sp³-hybridized carbons (Fsp3) is 0.500. The van der Waals surface area contributed by atoms with Crippen LogP contribution < -0.4 is 10.2 Å². The molecule has 4 heteroatoms. The summed E-state index contributed by atoms with van der Waals surface area (Å²) in [6, 6.07) is 7.79. The summed E-state index contributed by atoms with van der Waals surface area (Å²) in [7, 11) is 0. The number of hydrogen-bond acceptors (Lipinski definition) is 2. The number of benzene rings is 1. The smallest absolute Gasteiger partial charge is 0.223 e. The van der Waals surface area contributed by atoms with Crippen LogP contribution in [-0.2, 0) is 9.59 Å². The van der Waals surface area contributed by atoms with Crippen LogP contribution in [0.15, 0.2) is 35.9 Å². The highest BCUT2D eigenvalue weighted by Gasteiger charge is 2.13. The minimum absolute atomic E-state index is 0.00442. The average molecular weight is 328 g/mol. The van der Waals surface area contributed by atoms with E-state index in [4.69, 9.17) is 0 Å². The van der Waals surface area contributed by atoms with Gasteiger partial charge in [-0.05, 0) is 51.2 Å². The second-order valence-electron chi connectivity index (χ2n) is 6.46. The lowest BCUT2D eigenvalue weighted by Crippen LogP contribution is -2.34. The van der Waals surface area contributed by atoms with E-state index >= 15 is 0 Å². The molecule has 0 atom stereocenters. The van der Waals surface area contributed by atoms with Gasteiger partial charge in [0.15, 0.2) is 0 Å². The summed E-state index contributed by atoms with van der Waals surface area (Å²) < 4.78 is 0. The maximum absolute atomic E-state index is 12.0. The number of rotatable bonds is 7. The van der Waals surface area contributed by atoms with Crippen molar-refractivity contribution in [2.75, 3.05) is 18.0 Å². The first-order valence-corrected chi connectivity index (χ1v) is 8.85. The van der Waals surface area contributed by atoms with Crippen molar-refractivity contribution in [1.29, 1.82) is 0 Å². The molecular formula is C20H28N2O2. The molecule has 130 valence electrons. The number of allylic oxidation sites excluding steroid dienone is 1. The van der Waals surface area contributed by atoms with Crippen LogP contribution in [-0.4, -0.2) is 24.9 Å². The van der Waals surface area contributed by atoms with E-state index in [1.807, 2.05) is 31.2 Å². The summed E-state index contributed by atoms with van der Waals surface area (Å²) >= 11 is 0. The Bertz CT molecular complexity index is 590. The van der Waals surface area contributed by atoms with Gasteiger partial charge in [-0.25, -0.2) is 0 Å². The molecule has 24 heavy (non-hydrogen) atoms. The minimum atomic E-state index is -0.0426. The van der Waals surface area contributed by atoms with Crippen molar-refractivity contribution in [2.24, 2.45) is 0 Å². The first-order valence-electron chi connectivity index (χ1n) is 8.85. The predicted octanol–water partition coefficient (Wildman–Crippen LogP) is 3.74. The van der Waals surface area contributed by atoms with Crippen molar-refractivity contribution >= 4 is 17.5 Å². The summed E-state index contributed by atoms with van der Waals surface area (Å²) in [4.78, 5) is 25.5. The molecule has 4 nitrogen and oxygen atoms in total. The Morgan fingerprint density at radius 3 is 2.54 bits per heavy atom. The molecule has 2 rings (SSSR count). The molecule has 0 radical (unpaired) electrons. The SMILES string of the molecule is CC(=O)N(CCC(=O)NCCC1=CCCCC1)c1ccc(C)cc1. The highest BCUT2D eigenvalue weighted by atomic mass is 16.2. The maximum atomic E-state index is 12.0. The third kappa shape index (κ3) is 5.84. The van der Waals surface area contributed by atoms with E-state index in [1.54, 1.807) is 4.90 Å². The lowest BCUT2D eigenvalue weighted by Gasteiger charge is -2.21. The van der Waals surface area contributed by atoms with Crippen LogP contribution in [0, 0.1) is 6.92 Å². The molecule has 0 heterocycles. The molecule has 0 saturated heterocycles. The molecule has 0 spiro atoms. The van der Waals surface area contributed by atoms with E-state index in [0.29, 0.717) is 19.5 Å².